The van der Waals surface area contributed by atoms with Crippen LogP contribution in [0.1, 0.15) is 34.1 Å². The van der Waals surface area contributed by atoms with Crippen LogP contribution in [-0.2, 0) is 0 Å². The van der Waals surface area contributed by atoms with Crippen molar-refractivity contribution in [1.29, 1.82) is 0 Å². The molecule has 0 heterocycles. The van der Waals surface area contributed by atoms with Crippen LogP contribution in [0.4, 0.5) is 0 Å². The number of nitrogens with two attached hydrogens (primary N) is 1. The number of methoxy groups -OCH3 is 1. The largest absolute Gasteiger partial charge is 0.497 e. The summed E-state index contributed by atoms with van der Waals surface area (Å²) in [5.74, 6) is 0.901. The Morgan fingerprint density at radius 1 is 1.33 bits per heavy atom. The molecule has 1 rings (SSSR count). The summed E-state index contributed by atoms with van der Waals surface area (Å²) in [5, 5.41) is 0.398. The topological polar surface area (TPSA) is 35.2 Å². The Labute approximate surface area is 115 Å². The van der Waals surface area contributed by atoms with Crippen molar-refractivity contribution in [3.05, 3.63) is 24.3 Å². The molecular formula is C15H25NOS. The Balaban J connectivity index is 2.89. The number of hydrogen-bond donors (Lipinski definition) is 1. The molecule has 1 aromatic rings. The lowest BCUT2D eigenvalue weighted by atomic mass is 9.87. The van der Waals surface area contributed by atoms with Crippen molar-refractivity contribution >= 4 is 11.8 Å². The smallest absolute Gasteiger partial charge is 0.119 e. The van der Waals surface area contributed by atoms with E-state index < -0.39 is 0 Å². The number of thioether (sulfide) groups is 1. The monoisotopic (exact) mass is 267 g/mol. The van der Waals surface area contributed by atoms with Gasteiger partial charge in [0.1, 0.15) is 5.75 Å². The number of rotatable bonds is 5. The third-order valence-corrected chi connectivity index (χ3v) is 4.85. The van der Waals surface area contributed by atoms with Gasteiger partial charge in [0.2, 0.25) is 0 Å². The van der Waals surface area contributed by atoms with E-state index in [2.05, 4.69) is 39.8 Å². The number of hydrogen-bond acceptors (Lipinski definition) is 3. The number of benzene rings is 1. The van der Waals surface area contributed by atoms with Gasteiger partial charge in [-0.15, -0.1) is 11.8 Å². The summed E-state index contributed by atoms with van der Waals surface area (Å²) >= 11 is 1.85. The van der Waals surface area contributed by atoms with E-state index in [1.807, 2.05) is 23.9 Å². The van der Waals surface area contributed by atoms with E-state index in [1.165, 1.54) is 4.90 Å². The van der Waals surface area contributed by atoms with Gasteiger partial charge in [-0.1, -0.05) is 33.8 Å². The maximum atomic E-state index is 6.27. The van der Waals surface area contributed by atoms with Crippen LogP contribution < -0.4 is 10.5 Å². The van der Waals surface area contributed by atoms with Gasteiger partial charge in [-0.3, -0.25) is 0 Å². The van der Waals surface area contributed by atoms with Crippen LogP contribution in [0.3, 0.4) is 0 Å². The molecule has 0 fully saturated rings. The fourth-order valence-electron chi connectivity index (χ4n) is 1.94. The molecule has 0 spiro atoms. The first kappa shape index (κ1) is 15.4. The summed E-state index contributed by atoms with van der Waals surface area (Å²) in [5.41, 5.74) is 6.45. The summed E-state index contributed by atoms with van der Waals surface area (Å²) in [6.07, 6.45) is 0.999. The second kappa shape index (κ2) is 6.48. The zero-order chi connectivity index (χ0) is 13.8. The first-order chi connectivity index (χ1) is 8.38. The fourth-order valence-corrected chi connectivity index (χ4v) is 3.30. The molecule has 2 nitrogen and oxygen atoms in total. The van der Waals surface area contributed by atoms with Gasteiger partial charge in [-0.05, 0) is 30.0 Å². The third-order valence-electron chi connectivity index (χ3n) is 3.02. The van der Waals surface area contributed by atoms with Crippen molar-refractivity contribution in [1.82, 2.24) is 0 Å². The molecule has 2 N–H and O–H groups in total. The van der Waals surface area contributed by atoms with Gasteiger partial charge < -0.3 is 10.5 Å². The molecule has 18 heavy (non-hydrogen) atoms. The lowest BCUT2D eigenvalue weighted by Gasteiger charge is -2.34. The van der Waals surface area contributed by atoms with Gasteiger partial charge in [0.05, 0.1) is 7.11 Å². The van der Waals surface area contributed by atoms with Crippen LogP contribution in [-0.4, -0.2) is 18.4 Å². The molecule has 0 aromatic heterocycles. The van der Waals surface area contributed by atoms with E-state index in [0.29, 0.717) is 5.25 Å². The molecule has 102 valence electrons. The van der Waals surface area contributed by atoms with E-state index in [9.17, 15) is 0 Å². The number of ether oxygens (including phenoxy) is 1. The standard InChI is InChI=1S/C15H25NOS/c1-6-13(16)14(15(2,3)4)18-12-9-7-8-11(10-12)17-5/h7-10,13-14H,6,16H2,1-5H3. The van der Waals surface area contributed by atoms with E-state index in [-0.39, 0.29) is 11.5 Å². The molecule has 0 aliphatic rings. The summed E-state index contributed by atoms with van der Waals surface area (Å²) in [6.45, 7) is 8.90. The van der Waals surface area contributed by atoms with Gasteiger partial charge >= 0.3 is 0 Å². The van der Waals surface area contributed by atoms with Crippen LogP contribution >= 0.6 is 11.8 Å². The predicted molar refractivity (Wildman–Crippen MR) is 80.4 cm³/mol. The predicted octanol–water partition coefficient (Wildman–Crippen LogP) is 3.94. The zero-order valence-electron chi connectivity index (χ0n) is 12.1. The van der Waals surface area contributed by atoms with Gasteiger partial charge in [-0.2, -0.15) is 0 Å². The fraction of sp³-hybridized carbons (Fsp3) is 0.600. The van der Waals surface area contributed by atoms with Crippen molar-refractivity contribution < 1.29 is 4.74 Å². The van der Waals surface area contributed by atoms with Crippen LogP contribution in [0, 0.1) is 5.41 Å². The Bertz CT molecular complexity index is 373. The first-order valence-corrected chi connectivity index (χ1v) is 7.32. The van der Waals surface area contributed by atoms with Crippen LogP contribution in [0.25, 0.3) is 0 Å². The van der Waals surface area contributed by atoms with Crippen molar-refractivity contribution in [3.8, 4) is 5.75 Å². The second-order valence-corrected chi connectivity index (χ2v) is 6.87. The minimum absolute atomic E-state index is 0.184. The maximum absolute atomic E-state index is 6.27. The lowest BCUT2D eigenvalue weighted by Crippen LogP contribution is -2.40. The van der Waals surface area contributed by atoms with Gasteiger partial charge in [0.25, 0.3) is 0 Å². The highest BCUT2D eigenvalue weighted by atomic mass is 32.2. The molecule has 2 unspecified atom stereocenters. The van der Waals surface area contributed by atoms with Gasteiger partial charge in [-0.25, -0.2) is 0 Å². The minimum Gasteiger partial charge on any atom is -0.497 e. The van der Waals surface area contributed by atoms with Crippen LogP contribution in [0.2, 0.25) is 0 Å². The highest BCUT2D eigenvalue weighted by molar-refractivity contribution is 8.00. The molecule has 0 amide bonds. The normalized spacial score (nSPS) is 15.2. The third kappa shape index (κ3) is 4.21. The zero-order valence-corrected chi connectivity index (χ0v) is 12.9. The molecule has 2 atom stereocenters. The second-order valence-electron chi connectivity index (χ2n) is 5.66. The molecule has 0 bridgehead atoms. The van der Waals surface area contributed by atoms with Crippen molar-refractivity contribution in [2.75, 3.05) is 7.11 Å². The Kier molecular flexibility index (Phi) is 5.54. The summed E-state index contributed by atoms with van der Waals surface area (Å²) < 4.78 is 5.26. The molecule has 0 aliphatic heterocycles. The SMILES string of the molecule is CCC(N)C(Sc1cccc(OC)c1)C(C)(C)C. The Morgan fingerprint density at radius 3 is 2.50 bits per heavy atom. The van der Waals surface area contributed by atoms with E-state index >= 15 is 0 Å². The minimum atomic E-state index is 0.184. The summed E-state index contributed by atoms with van der Waals surface area (Å²) in [6, 6.07) is 8.40. The molecule has 0 radical (unpaired) electrons. The highest BCUT2D eigenvalue weighted by Crippen LogP contribution is 2.38. The van der Waals surface area contributed by atoms with Crippen LogP contribution in [0.15, 0.2) is 29.2 Å². The Morgan fingerprint density at radius 2 is 2.00 bits per heavy atom. The van der Waals surface area contributed by atoms with Gasteiger partial charge in [0.15, 0.2) is 0 Å². The first-order valence-electron chi connectivity index (χ1n) is 6.44. The van der Waals surface area contributed by atoms with Crippen LogP contribution in [0.5, 0.6) is 5.75 Å². The highest BCUT2D eigenvalue weighted by Gasteiger charge is 2.30. The molecule has 3 heteroatoms. The molecule has 0 saturated heterocycles. The molecule has 1 aromatic carbocycles. The molecule has 0 saturated carbocycles. The summed E-state index contributed by atoms with van der Waals surface area (Å²) in [7, 11) is 1.70. The van der Waals surface area contributed by atoms with E-state index in [0.717, 1.165) is 12.2 Å². The average Bonchev–Trinajstić information content (AvgIpc) is 2.34. The summed E-state index contributed by atoms with van der Waals surface area (Å²) in [4.78, 5) is 1.22. The van der Waals surface area contributed by atoms with Gasteiger partial charge in [0, 0.05) is 16.2 Å². The molecular weight excluding hydrogens is 242 g/mol. The Hall–Kier alpha value is -0.670. The lowest BCUT2D eigenvalue weighted by molar-refractivity contribution is 0.350. The van der Waals surface area contributed by atoms with E-state index in [1.54, 1.807) is 7.11 Å². The molecule has 0 aliphatic carbocycles. The van der Waals surface area contributed by atoms with Crippen molar-refractivity contribution in [2.45, 2.75) is 50.3 Å². The van der Waals surface area contributed by atoms with Crippen molar-refractivity contribution in [3.63, 3.8) is 0 Å². The van der Waals surface area contributed by atoms with E-state index in [4.69, 9.17) is 10.5 Å². The quantitative estimate of drug-likeness (QED) is 0.821. The van der Waals surface area contributed by atoms with Crippen molar-refractivity contribution in [2.24, 2.45) is 11.1 Å². The maximum Gasteiger partial charge on any atom is 0.119 e. The average molecular weight is 267 g/mol.